The number of amides is 1. The van der Waals surface area contributed by atoms with Crippen LogP contribution in [0.5, 0.6) is 0 Å². The van der Waals surface area contributed by atoms with Crippen LogP contribution in [0.2, 0.25) is 0 Å². The van der Waals surface area contributed by atoms with Crippen molar-refractivity contribution in [3.63, 3.8) is 0 Å². The third-order valence-electron chi connectivity index (χ3n) is 3.71. The number of hydrogen-bond donors (Lipinski definition) is 2. The molecule has 0 aromatic rings. The molecule has 1 atom stereocenters. The summed E-state index contributed by atoms with van der Waals surface area (Å²) in [5, 5.41) is 6.02. The van der Waals surface area contributed by atoms with E-state index >= 15 is 0 Å². The van der Waals surface area contributed by atoms with Gasteiger partial charge in [0.25, 0.3) is 0 Å². The molecular weight excluding hydrogens is 242 g/mol. The van der Waals surface area contributed by atoms with Gasteiger partial charge in [-0.2, -0.15) is 0 Å². The number of piperidine rings is 1. The Kier molecular flexibility index (Phi) is 5.82. The molecule has 5 heteroatoms. The van der Waals surface area contributed by atoms with Crippen LogP contribution < -0.4 is 10.6 Å². The van der Waals surface area contributed by atoms with E-state index in [0.29, 0.717) is 12.6 Å². The van der Waals surface area contributed by atoms with E-state index in [-0.39, 0.29) is 11.9 Å². The van der Waals surface area contributed by atoms with Crippen LogP contribution in [-0.4, -0.2) is 62.8 Å². The molecule has 2 rings (SSSR count). The summed E-state index contributed by atoms with van der Waals surface area (Å²) in [4.78, 5) is 14.0. The number of likely N-dealkylation sites (tertiary alicyclic amines) is 1. The van der Waals surface area contributed by atoms with Gasteiger partial charge in [-0.05, 0) is 26.3 Å². The van der Waals surface area contributed by atoms with Crippen molar-refractivity contribution in [1.82, 2.24) is 15.5 Å². The van der Waals surface area contributed by atoms with Crippen LogP contribution in [-0.2, 0) is 9.53 Å². The number of carbonyl (C=O) groups excluding carboxylic acids is 1. The summed E-state index contributed by atoms with van der Waals surface area (Å²) < 4.78 is 5.83. The number of hydrogen-bond acceptors (Lipinski definition) is 4. The molecule has 108 valence electrons. The van der Waals surface area contributed by atoms with Gasteiger partial charge in [0.1, 0.15) is 6.04 Å². The van der Waals surface area contributed by atoms with E-state index < -0.39 is 0 Å². The van der Waals surface area contributed by atoms with E-state index in [1.807, 2.05) is 12.2 Å². The maximum atomic E-state index is 11.7. The monoisotopic (exact) mass is 267 g/mol. The lowest BCUT2D eigenvalue weighted by Crippen LogP contribution is -2.41. The van der Waals surface area contributed by atoms with E-state index in [0.717, 1.165) is 45.5 Å². The fourth-order valence-corrected chi connectivity index (χ4v) is 2.44. The second-order valence-corrected chi connectivity index (χ2v) is 5.33. The molecule has 0 unspecified atom stereocenters. The minimum absolute atomic E-state index is 0.0630. The molecule has 19 heavy (non-hydrogen) atoms. The highest BCUT2D eigenvalue weighted by Crippen LogP contribution is 2.11. The van der Waals surface area contributed by atoms with Crippen LogP contribution in [0.3, 0.4) is 0 Å². The highest BCUT2D eigenvalue weighted by molar-refractivity contribution is 5.84. The van der Waals surface area contributed by atoms with E-state index in [1.54, 1.807) is 0 Å². The Bertz CT molecular complexity index is 312. The second kappa shape index (κ2) is 7.62. The first kappa shape index (κ1) is 14.5. The van der Waals surface area contributed by atoms with Gasteiger partial charge in [0.05, 0.1) is 6.10 Å². The van der Waals surface area contributed by atoms with E-state index in [9.17, 15) is 4.79 Å². The van der Waals surface area contributed by atoms with Gasteiger partial charge in [-0.15, -0.1) is 0 Å². The van der Waals surface area contributed by atoms with E-state index in [4.69, 9.17) is 4.74 Å². The molecule has 2 aliphatic heterocycles. The highest BCUT2D eigenvalue weighted by atomic mass is 16.5. The topological polar surface area (TPSA) is 53.6 Å². The Balaban J connectivity index is 1.48. The first-order valence-corrected chi connectivity index (χ1v) is 7.23. The van der Waals surface area contributed by atoms with E-state index in [2.05, 4.69) is 22.6 Å². The minimum atomic E-state index is -0.144. The molecule has 5 nitrogen and oxygen atoms in total. The van der Waals surface area contributed by atoms with Crippen LogP contribution in [0.1, 0.15) is 19.3 Å². The molecule has 1 amide bonds. The number of nitrogens with one attached hydrogen (secondary N) is 2. The predicted octanol–water partition coefficient (Wildman–Crippen LogP) is 0.132. The Morgan fingerprint density at radius 3 is 2.95 bits per heavy atom. The van der Waals surface area contributed by atoms with Gasteiger partial charge in [0.15, 0.2) is 0 Å². The molecule has 1 fully saturated rings. The SMILES string of the molecule is CN1CCC(OCCCNC(=O)[C@H]2C=CCN2)CC1. The zero-order valence-electron chi connectivity index (χ0n) is 11.7. The van der Waals surface area contributed by atoms with Crippen molar-refractivity contribution >= 4 is 5.91 Å². The molecule has 0 aromatic carbocycles. The van der Waals surface area contributed by atoms with Gasteiger partial charge in [-0.3, -0.25) is 10.1 Å². The van der Waals surface area contributed by atoms with Crippen LogP contribution >= 0.6 is 0 Å². The van der Waals surface area contributed by atoms with Gasteiger partial charge in [0.2, 0.25) is 5.91 Å². The molecule has 0 aliphatic carbocycles. The van der Waals surface area contributed by atoms with Gasteiger partial charge in [-0.25, -0.2) is 0 Å². The number of carbonyl (C=O) groups is 1. The van der Waals surface area contributed by atoms with Gasteiger partial charge in [0, 0.05) is 32.8 Å². The lowest BCUT2D eigenvalue weighted by Gasteiger charge is -2.28. The van der Waals surface area contributed by atoms with E-state index in [1.165, 1.54) is 0 Å². The molecule has 0 saturated carbocycles. The summed E-state index contributed by atoms with van der Waals surface area (Å²) in [7, 11) is 2.15. The summed E-state index contributed by atoms with van der Waals surface area (Å²) in [6.07, 6.45) is 7.43. The smallest absolute Gasteiger partial charge is 0.241 e. The third kappa shape index (κ3) is 4.93. The Morgan fingerprint density at radius 2 is 2.26 bits per heavy atom. The zero-order chi connectivity index (χ0) is 13.5. The summed E-state index contributed by atoms with van der Waals surface area (Å²) >= 11 is 0. The molecule has 0 radical (unpaired) electrons. The lowest BCUT2D eigenvalue weighted by molar-refractivity contribution is -0.121. The standard InChI is InChI=1S/C14H25N3O2/c1-17-9-5-12(6-10-17)19-11-3-8-16-14(18)13-4-2-7-15-13/h2,4,12-13,15H,3,5-11H2,1H3,(H,16,18)/t13-/m1/s1. The van der Waals surface area contributed by atoms with Crippen molar-refractivity contribution in [2.45, 2.75) is 31.4 Å². The molecule has 0 bridgehead atoms. The van der Waals surface area contributed by atoms with Crippen molar-refractivity contribution in [3.05, 3.63) is 12.2 Å². The van der Waals surface area contributed by atoms with Crippen LogP contribution in [0.4, 0.5) is 0 Å². The summed E-state index contributed by atoms with van der Waals surface area (Å²) in [5.74, 6) is 0.0630. The van der Waals surface area contributed by atoms with Crippen molar-refractivity contribution in [2.24, 2.45) is 0 Å². The molecule has 0 aromatic heterocycles. The molecule has 2 N–H and O–H groups in total. The fraction of sp³-hybridized carbons (Fsp3) is 0.786. The van der Waals surface area contributed by atoms with Crippen molar-refractivity contribution in [2.75, 3.05) is 39.8 Å². The maximum Gasteiger partial charge on any atom is 0.241 e. The second-order valence-electron chi connectivity index (χ2n) is 5.33. The first-order chi connectivity index (χ1) is 9.25. The first-order valence-electron chi connectivity index (χ1n) is 7.23. The van der Waals surface area contributed by atoms with Crippen molar-refractivity contribution in [1.29, 1.82) is 0 Å². The number of ether oxygens (including phenoxy) is 1. The molecule has 2 heterocycles. The normalized spacial score (nSPS) is 24.8. The largest absolute Gasteiger partial charge is 0.378 e. The summed E-state index contributed by atoms with van der Waals surface area (Å²) in [5.41, 5.74) is 0. The fourth-order valence-electron chi connectivity index (χ4n) is 2.44. The maximum absolute atomic E-state index is 11.7. The van der Waals surface area contributed by atoms with Crippen LogP contribution in [0.25, 0.3) is 0 Å². The number of nitrogens with zero attached hydrogens (tertiary/aromatic N) is 1. The molecule has 2 aliphatic rings. The Hall–Kier alpha value is -0.910. The summed E-state index contributed by atoms with van der Waals surface area (Å²) in [6.45, 7) is 4.47. The van der Waals surface area contributed by atoms with Crippen molar-refractivity contribution in [3.8, 4) is 0 Å². The van der Waals surface area contributed by atoms with Gasteiger partial charge in [-0.1, -0.05) is 12.2 Å². The Labute approximate surface area is 115 Å². The van der Waals surface area contributed by atoms with Crippen LogP contribution in [0, 0.1) is 0 Å². The molecule has 0 spiro atoms. The number of rotatable bonds is 6. The highest BCUT2D eigenvalue weighted by Gasteiger charge is 2.18. The quantitative estimate of drug-likeness (QED) is 0.531. The van der Waals surface area contributed by atoms with Gasteiger partial charge >= 0.3 is 0 Å². The minimum Gasteiger partial charge on any atom is -0.378 e. The van der Waals surface area contributed by atoms with Crippen molar-refractivity contribution < 1.29 is 9.53 Å². The molecular formula is C14H25N3O2. The predicted molar refractivity (Wildman–Crippen MR) is 75.0 cm³/mol. The summed E-state index contributed by atoms with van der Waals surface area (Å²) in [6, 6.07) is -0.144. The van der Waals surface area contributed by atoms with Crippen LogP contribution in [0.15, 0.2) is 12.2 Å². The van der Waals surface area contributed by atoms with Gasteiger partial charge < -0.3 is 15.0 Å². The third-order valence-corrected chi connectivity index (χ3v) is 3.71. The average molecular weight is 267 g/mol. The Morgan fingerprint density at radius 1 is 1.47 bits per heavy atom. The molecule has 1 saturated heterocycles. The lowest BCUT2D eigenvalue weighted by atomic mass is 10.1. The zero-order valence-corrected chi connectivity index (χ0v) is 11.7. The average Bonchev–Trinajstić information content (AvgIpc) is 2.94.